The molecule has 6 nitrogen and oxygen atoms in total. The Balaban J connectivity index is 2.08. The lowest BCUT2D eigenvalue weighted by Crippen LogP contribution is -2.14. The molecule has 1 aliphatic carbocycles. The summed E-state index contributed by atoms with van der Waals surface area (Å²) in [7, 11) is 0. The lowest BCUT2D eigenvalue weighted by Gasteiger charge is -2.12. The zero-order valence-corrected chi connectivity index (χ0v) is 8.47. The van der Waals surface area contributed by atoms with E-state index >= 15 is 0 Å². The number of nitrogens with one attached hydrogen (secondary N) is 1. The van der Waals surface area contributed by atoms with E-state index in [4.69, 9.17) is 0 Å². The van der Waals surface area contributed by atoms with Crippen molar-refractivity contribution < 1.29 is 4.79 Å². The molecule has 0 amide bonds. The van der Waals surface area contributed by atoms with Gasteiger partial charge in [-0.15, -0.1) is 0 Å². The molecule has 0 saturated carbocycles. The number of aromatic nitrogens is 5. The molecule has 2 aromatic heterocycles. The van der Waals surface area contributed by atoms with Crippen molar-refractivity contribution in [3.05, 3.63) is 23.8 Å². The molecule has 1 aliphatic rings. The molecule has 0 radical (unpaired) electrons. The summed E-state index contributed by atoms with van der Waals surface area (Å²) in [6.07, 6.45) is 5.27. The lowest BCUT2D eigenvalue weighted by molar-refractivity contribution is 0.0971. The summed E-state index contributed by atoms with van der Waals surface area (Å²) >= 11 is 0. The fraction of sp³-hybridized carbons (Fsp3) is 0.300. The van der Waals surface area contributed by atoms with Crippen molar-refractivity contribution in [2.75, 3.05) is 0 Å². The number of ketones is 1. The fourth-order valence-electron chi connectivity index (χ4n) is 1.82. The molecule has 6 heteroatoms. The van der Waals surface area contributed by atoms with Crippen molar-refractivity contribution in [3.63, 3.8) is 0 Å². The van der Waals surface area contributed by atoms with Crippen LogP contribution < -0.4 is 0 Å². The second-order valence-electron chi connectivity index (χ2n) is 3.66. The van der Waals surface area contributed by atoms with Gasteiger partial charge in [-0.05, 0) is 12.8 Å². The first kappa shape index (κ1) is 9.14. The van der Waals surface area contributed by atoms with Crippen LogP contribution in [-0.2, 0) is 6.42 Å². The summed E-state index contributed by atoms with van der Waals surface area (Å²) in [6, 6.07) is 0. The number of Topliss-reactive ketones (excluding diaryl/α,β-unsaturated/α-hetero) is 1. The van der Waals surface area contributed by atoms with E-state index in [2.05, 4.69) is 25.1 Å². The SMILES string of the molecule is O=C1CCCc2nc(-c3ncn[nH]3)ncc21. The van der Waals surface area contributed by atoms with Crippen molar-refractivity contribution in [3.8, 4) is 11.6 Å². The third kappa shape index (κ3) is 1.39. The van der Waals surface area contributed by atoms with E-state index < -0.39 is 0 Å². The first-order chi connectivity index (χ1) is 7.84. The van der Waals surface area contributed by atoms with Crippen molar-refractivity contribution >= 4 is 5.78 Å². The smallest absolute Gasteiger partial charge is 0.197 e. The van der Waals surface area contributed by atoms with E-state index in [-0.39, 0.29) is 5.78 Å². The van der Waals surface area contributed by atoms with Crippen LogP contribution in [0.25, 0.3) is 11.6 Å². The van der Waals surface area contributed by atoms with Gasteiger partial charge < -0.3 is 0 Å². The Kier molecular flexibility index (Phi) is 1.99. The number of nitrogens with zero attached hydrogens (tertiary/aromatic N) is 4. The van der Waals surface area contributed by atoms with E-state index in [0.29, 0.717) is 23.6 Å². The molecule has 0 saturated heterocycles. The monoisotopic (exact) mass is 215 g/mol. The maximum atomic E-state index is 11.6. The number of rotatable bonds is 1. The Morgan fingerprint density at radius 3 is 3.00 bits per heavy atom. The standard InChI is InChI=1S/C10H9N5O/c16-8-3-1-2-7-6(8)4-11-9(14-7)10-12-5-13-15-10/h4-5H,1-3H2,(H,12,13,15). The van der Waals surface area contributed by atoms with E-state index in [9.17, 15) is 4.79 Å². The topological polar surface area (TPSA) is 84.4 Å². The Hall–Kier alpha value is -2.11. The molecule has 3 rings (SSSR count). The van der Waals surface area contributed by atoms with Gasteiger partial charge in [-0.25, -0.2) is 15.0 Å². The number of carbonyl (C=O) groups excluding carboxylic acids is 1. The van der Waals surface area contributed by atoms with Crippen LogP contribution in [0.1, 0.15) is 28.9 Å². The normalized spacial score (nSPS) is 14.9. The average Bonchev–Trinajstić information content (AvgIpc) is 2.82. The van der Waals surface area contributed by atoms with Crippen molar-refractivity contribution in [1.29, 1.82) is 0 Å². The quantitative estimate of drug-likeness (QED) is 0.759. The summed E-state index contributed by atoms with van der Waals surface area (Å²) in [4.78, 5) is 24.0. The van der Waals surface area contributed by atoms with Crippen LogP contribution in [-0.4, -0.2) is 30.9 Å². The molecule has 80 valence electrons. The second-order valence-corrected chi connectivity index (χ2v) is 3.66. The molecule has 0 aromatic carbocycles. The maximum Gasteiger partial charge on any atom is 0.197 e. The summed E-state index contributed by atoms with van der Waals surface area (Å²) in [5, 5.41) is 6.44. The van der Waals surface area contributed by atoms with E-state index in [1.807, 2.05) is 0 Å². The van der Waals surface area contributed by atoms with Gasteiger partial charge in [0.2, 0.25) is 0 Å². The molecule has 0 spiro atoms. The van der Waals surface area contributed by atoms with Gasteiger partial charge in [0.25, 0.3) is 0 Å². The second kappa shape index (κ2) is 3.48. The highest BCUT2D eigenvalue weighted by molar-refractivity contribution is 5.97. The van der Waals surface area contributed by atoms with Crippen LogP contribution in [0.2, 0.25) is 0 Å². The van der Waals surface area contributed by atoms with E-state index in [1.54, 1.807) is 6.20 Å². The van der Waals surface area contributed by atoms with Crippen LogP contribution in [0.3, 0.4) is 0 Å². The number of aromatic amines is 1. The maximum absolute atomic E-state index is 11.6. The first-order valence-corrected chi connectivity index (χ1v) is 5.09. The molecule has 16 heavy (non-hydrogen) atoms. The third-order valence-electron chi connectivity index (χ3n) is 2.61. The highest BCUT2D eigenvalue weighted by Crippen LogP contribution is 2.20. The molecular weight excluding hydrogens is 206 g/mol. The molecule has 1 N–H and O–H groups in total. The Bertz CT molecular complexity index is 534. The zero-order valence-electron chi connectivity index (χ0n) is 8.47. The Labute approximate surface area is 91.2 Å². The van der Waals surface area contributed by atoms with Gasteiger partial charge in [-0.3, -0.25) is 9.89 Å². The summed E-state index contributed by atoms with van der Waals surface area (Å²) in [5.41, 5.74) is 1.46. The van der Waals surface area contributed by atoms with Crippen molar-refractivity contribution in [2.24, 2.45) is 0 Å². The van der Waals surface area contributed by atoms with Gasteiger partial charge in [0.05, 0.1) is 11.3 Å². The highest BCUT2D eigenvalue weighted by atomic mass is 16.1. The number of carbonyl (C=O) groups is 1. The van der Waals surface area contributed by atoms with E-state index in [1.165, 1.54) is 6.33 Å². The Morgan fingerprint density at radius 2 is 2.19 bits per heavy atom. The minimum absolute atomic E-state index is 0.130. The molecule has 0 fully saturated rings. The molecule has 0 atom stereocenters. The summed E-state index contributed by atoms with van der Waals surface area (Å²) in [5.74, 6) is 1.15. The van der Waals surface area contributed by atoms with Crippen molar-refractivity contribution in [2.45, 2.75) is 19.3 Å². The van der Waals surface area contributed by atoms with Gasteiger partial charge in [0.1, 0.15) is 6.33 Å². The van der Waals surface area contributed by atoms with Crippen LogP contribution in [0.5, 0.6) is 0 Å². The average molecular weight is 215 g/mol. The number of fused-ring (bicyclic) bond motifs is 1. The predicted octanol–water partition coefficient (Wildman–Crippen LogP) is 0.781. The van der Waals surface area contributed by atoms with Gasteiger partial charge in [0, 0.05) is 12.6 Å². The van der Waals surface area contributed by atoms with Gasteiger partial charge in [0.15, 0.2) is 17.4 Å². The summed E-state index contributed by atoms with van der Waals surface area (Å²) < 4.78 is 0. The minimum atomic E-state index is 0.130. The predicted molar refractivity (Wildman–Crippen MR) is 54.7 cm³/mol. The number of hydrogen-bond donors (Lipinski definition) is 1. The largest absolute Gasteiger partial charge is 0.294 e. The molecule has 2 heterocycles. The first-order valence-electron chi connectivity index (χ1n) is 5.09. The van der Waals surface area contributed by atoms with Crippen LogP contribution in [0, 0.1) is 0 Å². The zero-order chi connectivity index (χ0) is 11.0. The Morgan fingerprint density at radius 1 is 1.25 bits per heavy atom. The third-order valence-corrected chi connectivity index (χ3v) is 2.61. The number of H-pyrrole nitrogens is 1. The van der Waals surface area contributed by atoms with Gasteiger partial charge >= 0.3 is 0 Å². The minimum Gasteiger partial charge on any atom is -0.294 e. The van der Waals surface area contributed by atoms with Crippen LogP contribution in [0.4, 0.5) is 0 Å². The van der Waals surface area contributed by atoms with Crippen molar-refractivity contribution in [1.82, 2.24) is 25.1 Å². The fourth-order valence-corrected chi connectivity index (χ4v) is 1.82. The molecular formula is C10H9N5O. The van der Waals surface area contributed by atoms with Gasteiger partial charge in [-0.2, -0.15) is 5.10 Å². The van der Waals surface area contributed by atoms with Crippen LogP contribution >= 0.6 is 0 Å². The van der Waals surface area contributed by atoms with Gasteiger partial charge in [-0.1, -0.05) is 0 Å². The molecule has 0 aliphatic heterocycles. The lowest BCUT2D eigenvalue weighted by atomic mass is 9.96. The summed E-state index contributed by atoms with van der Waals surface area (Å²) in [6.45, 7) is 0. The van der Waals surface area contributed by atoms with Crippen LogP contribution in [0.15, 0.2) is 12.5 Å². The molecule has 0 unspecified atom stereocenters. The molecule has 0 bridgehead atoms. The number of hydrogen-bond acceptors (Lipinski definition) is 5. The molecule has 2 aromatic rings. The van der Waals surface area contributed by atoms with E-state index in [0.717, 1.165) is 18.5 Å². The number of aryl methyl sites for hydroxylation is 1. The highest BCUT2D eigenvalue weighted by Gasteiger charge is 2.20.